The third-order valence-electron chi connectivity index (χ3n) is 3.53. The normalized spacial score (nSPS) is 17.9. The van der Waals surface area contributed by atoms with Crippen molar-refractivity contribution in [2.45, 2.75) is 32.3 Å². The van der Waals surface area contributed by atoms with E-state index in [0.717, 1.165) is 12.8 Å². The van der Waals surface area contributed by atoms with Gasteiger partial charge in [0.2, 0.25) is 0 Å². The zero-order valence-electron chi connectivity index (χ0n) is 13.0. The molecule has 0 saturated carbocycles. The molecule has 3 amide bonds. The van der Waals surface area contributed by atoms with Crippen LogP contribution < -0.4 is 10.6 Å². The topological polar surface area (TPSA) is 84.5 Å². The highest BCUT2D eigenvalue weighted by atomic mass is 16.5. The summed E-state index contributed by atoms with van der Waals surface area (Å²) in [7, 11) is 0. The van der Waals surface area contributed by atoms with Crippen LogP contribution in [0.3, 0.4) is 0 Å². The number of ether oxygens (including phenoxy) is 1. The van der Waals surface area contributed by atoms with E-state index in [1.54, 1.807) is 24.3 Å². The molecule has 2 N–H and O–H groups in total. The molecule has 0 bridgehead atoms. The maximum Gasteiger partial charge on any atom is 0.325 e. The van der Waals surface area contributed by atoms with E-state index in [2.05, 4.69) is 10.6 Å². The Hall–Kier alpha value is -2.63. The van der Waals surface area contributed by atoms with E-state index in [1.165, 1.54) is 6.92 Å². The Morgan fingerprint density at radius 2 is 1.91 bits per heavy atom. The molecule has 0 saturated heterocycles. The lowest BCUT2D eigenvalue weighted by Gasteiger charge is -2.19. The second-order valence-corrected chi connectivity index (χ2v) is 5.37. The maximum absolute atomic E-state index is 12.0. The Kier molecular flexibility index (Phi) is 5.91. The van der Waals surface area contributed by atoms with Crippen molar-refractivity contribution in [2.24, 2.45) is 5.92 Å². The fourth-order valence-corrected chi connectivity index (χ4v) is 2.23. The first-order valence-corrected chi connectivity index (χ1v) is 7.58. The molecule has 2 unspecified atom stereocenters. The molecule has 2 atom stereocenters. The number of allylic oxidation sites excluding steroid dienone is 2. The Balaban J connectivity index is 1.79. The first-order valence-electron chi connectivity index (χ1n) is 7.58. The van der Waals surface area contributed by atoms with Crippen LogP contribution in [0.2, 0.25) is 0 Å². The predicted molar refractivity (Wildman–Crippen MR) is 85.6 cm³/mol. The number of hydrogen-bond acceptors (Lipinski definition) is 4. The van der Waals surface area contributed by atoms with E-state index >= 15 is 0 Å². The maximum atomic E-state index is 12.0. The molecule has 2 rings (SSSR count). The van der Waals surface area contributed by atoms with Gasteiger partial charge in [-0.15, -0.1) is 0 Å². The zero-order chi connectivity index (χ0) is 16.7. The van der Waals surface area contributed by atoms with Gasteiger partial charge in [0.1, 0.15) is 0 Å². The summed E-state index contributed by atoms with van der Waals surface area (Å²) in [4.78, 5) is 35.6. The van der Waals surface area contributed by atoms with Crippen molar-refractivity contribution in [2.75, 3.05) is 5.32 Å². The zero-order valence-corrected chi connectivity index (χ0v) is 13.0. The van der Waals surface area contributed by atoms with Gasteiger partial charge in [-0.3, -0.25) is 14.9 Å². The molecule has 0 fully saturated rings. The molecule has 0 radical (unpaired) electrons. The lowest BCUT2D eigenvalue weighted by Crippen LogP contribution is -2.42. The number of rotatable bonds is 4. The van der Waals surface area contributed by atoms with Crippen molar-refractivity contribution < 1.29 is 19.1 Å². The van der Waals surface area contributed by atoms with Crippen molar-refractivity contribution in [3.05, 3.63) is 42.5 Å². The van der Waals surface area contributed by atoms with Gasteiger partial charge < -0.3 is 10.1 Å². The van der Waals surface area contributed by atoms with Crippen LogP contribution in [0.5, 0.6) is 0 Å². The van der Waals surface area contributed by atoms with Crippen molar-refractivity contribution in [1.29, 1.82) is 0 Å². The number of nitrogens with one attached hydrogen (secondary N) is 2. The van der Waals surface area contributed by atoms with E-state index in [4.69, 9.17) is 4.74 Å². The molecule has 122 valence electrons. The molecule has 0 aromatic heterocycles. The number of amides is 3. The quantitative estimate of drug-likeness (QED) is 0.660. The summed E-state index contributed by atoms with van der Waals surface area (Å²) in [5, 5.41) is 4.68. The van der Waals surface area contributed by atoms with E-state index in [9.17, 15) is 14.4 Å². The number of benzene rings is 1. The van der Waals surface area contributed by atoms with Crippen LogP contribution in [0.15, 0.2) is 42.5 Å². The predicted octanol–water partition coefficient (Wildman–Crippen LogP) is 2.62. The highest BCUT2D eigenvalue weighted by molar-refractivity contribution is 6.02. The van der Waals surface area contributed by atoms with Crippen LogP contribution in [-0.4, -0.2) is 24.0 Å². The van der Waals surface area contributed by atoms with E-state index < -0.39 is 24.0 Å². The van der Waals surface area contributed by atoms with Crippen LogP contribution in [0.1, 0.15) is 26.2 Å². The average Bonchev–Trinajstić information content (AvgIpc) is 2.56. The van der Waals surface area contributed by atoms with Crippen molar-refractivity contribution in [3.63, 3.8) is 0 Å². The van der Waals surface area contributed by atoms with Crippen molar-refractivity contribution in [3.8, 4) is 0 Å². The summed E-state index contributed by atoms with van der Waals surface area (Å²) < 4.78 is 5.14. The molecule has 6 nitrogen and oxygen atoms in total. The molecule has 23 heavy (non-hydrogen) atoms. The average molecular weight is 316 g/mol. The van der Waals surface area contributed by atoms with Gasteiger partial charge in [-0.25, -0.2) is 4.79 Å². The minimum Gasteiger partial charge on any atom is -0.452 e. The van der Waals surface area contributed by atoms with Gasteiger partial charge in [0.05, 0.1) is 5.92 Å². The van der Waals surface area contributed by atoms with Gasteiger partial charge >= 0.3 is 12.0 Å². The fraction of sp³-hybridized carbons (Fsp3) is 0.353. The summed E-state index contributed by atoms with van der Waals surface area (Å²) >= 11 is 0. The summed E-state index contributed by atoms with van der Waals surface area (Å²) in [5.74, 6) is -1.27. The molecule has 0 aliphatic heterocycles. The third kappa shape index (κ3) is 5.25. The molecule has 1 aromatic rings. The second-order valence-electron chi connectivity index (χ2n) is 5.37. The number of imide groups is 1. The lowest BCUT2D eigenvalue weighted by atomic mass is 9.95. The lowest BCUT2D eigenvalue weighted by molar-refractivity contribution is -0.158. The minimum atomic E-state index is -1.02. The number of carbonyl (C=O) groups is 3. The highest BCUT2D eigenvalue weighted by Crippen LogP contribution is 2.20. The standard InChI is InChI=1S/C17H20N2O4/c1-12(23-16(21)13-8-4-2-5-9-13)15(20)19-17(22)18-14-10-6-3-7-11-14/h2-4,6-7,10-13H,5,8-9H2,1H3,(H2,18,19,20,22). The van der Waals surface area contributed by atoms with Crippen molar-refractivity contribution >= 4 is 23.6 Å². The Morgan fingerprint density at radius 3 is 2.57 bits per heavy atom. The van der Waals surface area contributed by atoms with Crippen molar-refractivity contribution in [1.82, 2.24) is 5.32 Å². The molecule has 1 aromatic carbocycles. The molecule has 0 spiro atoms. The van der Waals surface area contributed by atoms with Gasteiger partial charge in [0, 0.05) is 5.69 Å². The molecule has 6 heteroatoms. The van der Waals surface area contributed by atoms with Crippen LogP contribution in [0.25, 0.3) is 0 Å². The molecule has 0 heterocycles. The van der Waals surface area contributed by atoms with E-state index in [1.807, 2.05) is 18.2 Å². The molecular formula is C17H20N2O4. The SMILES string of the molecule is CC(OC(=O)C1CC=CCC1)C(=O)NC(=O)Nc1ccccc1. The Labute approximate surface area is 134 Å². The first-order chi connectivity index (χ1) is 11.1. The number of carbonyl (C=O) groups excluding carboxylic acids is 3. The monoisotopic (exact) mass is 316 g/mol. The Bertz CT molecular complexity index is 598. The first kappa shape index (κ1) is 16.7. The number of para-hydroxylation sites is 1. The second kappa shape index (κ2) is 8.12. The minimum absolute atomic E-state index is 0.214. The van der Waals surface area contributed by atoms with Gasteiger partial charge in [0.25, 0.3) is 5.91 Å². The largest absolute Gasteiger partial charge is 0.452 e. The van der Waals surface area contributed by atoms with Gasteiger partial charge in [0.15, 0.2) is 6.10 Å². The number of urea groups is 1. The van der Waals surface area contributed by atoms with Gasteiger partial charge in [-0.05, 0) is 38.3 Å². The molecule has 1 aliphatic rings. The smallest absolute Gasteiger partial charge is 0.325 e. The molecule has 1 aliphatic carbocycles. The summed E-state index contributed by atoms with van der Waals surface area (Å²) in [6.45, 7) is 1.45. The van der Waals surface area contributed by atoms with Crippen LogP contribution in [0.4, 0.5) is 10.5 Å². The number of hydrogen-bond donors (Lipinski definition) is 2. The highest BCUT2D eigenvalue weighted by Gasteiger charge is 2.25. The van der Waals surface area contributed by atoms with Gasteiger partial charge in [-0.2, -0.15) is 0 Å². The third-order valence-corrected chi connectivity index (χ3v) is 3.53. The van der Waals surface area contributed by atoms with Gasteiger partial charge in [-0.1, -0.05) is 30.4 Å². The summed E-state index contributed by atoms with van der Waals surface area (Å²) in [6, 6.07) is 8.08. The van der Waals surface area contributed by atoms with Crippen LogP contribution in [-0.2, 0) is 14.3 Å². The van der Waals surface area contributed by atoms with E-state index in [-0.39, 0.29) is 5.92 Å². The number of anilines is 1. The van der Waals surface area contributed by atoms with Crippen LogP contribution >= 0.6 is 0 Å². The van der Waals surface area contributed by atoms with E-state index in [0.29, 0.717) is 12.1 Å². The number of esters is 1. The van der Waals surface area contributed by atoms with Crippen LogP contribution in [0, 0.1) is 5.92 Å². The fourth-order valence-electron chi connectivity index (χ4n) is 2.23. The Morgan fingerprint density at radius 1 is 1.17 bits per heavy atom. The molecular weight excluding hydrogens is 296 g/mol. The summed E-state index contributed by atoms with van der Waals surface area (Å²) in [5.41, 5.74) is 0.566. The summed E-state index contributed by atoms with van der Waals surface area (Å²) in [6.07, 6.45) is 5.12.